The third kappa shape index (κ3) is 3.91. The van der Waals surface area contributed by atoms with Gasteiger partial charge in [0, 0.05) is 24.2 Å². The minimum absolute atomic E-state index is 0.0549. The molecule has 0 aliphatic heterocycles. The number of amides is 1. The van der Waals surface area contributed by atoms with Gasteiger partial charge in [0.1, 0.15) is 5.82 Å². The molecule has 0 unspecified atom stereocenters. The number of aryl methyl sites for hydroxylation is 2. The minimum Gasteiger partial charge on any atom is -0.332 e. The Morgan fingerprint density at radius 2 is 1.96 bits per heavy atom. The Labute approximate surface area is 142 Å². The van der Waals surface area contributed by atoms with Gasteiger partial charge in [-0.2, -0.15) is 0 Å². The summed E-state index contributed by atoms with van der Waals surface area (Å²) in [5.74, 6) is -0.310. The molecule has 0 heterocycles. The van der Waals surface area contributed by atoms with Gasteiger partial charge in [-0.15, -0.1) is 0 Å². The van der Waals surface area contributed by atoms with Crippen molar-refractivity contribution in [3.05, 3.63) is 76.6 Å². The summed E-state index contributed by atoms with van der Waals surface area (Å²) in [6.07, 6.45) is 5.46. The maximum absolute atomic E-state index is 13.9. The highest BCUT2D eigenvalue weighted by molar-refractivity contribution is 5.92. The summed E-state index contributed by atoms with van der Waals surface area (Å²) in [5, 5.41) is 0. The SMILES string of the molecule is Cc1ccc(/C=C/C(=O)N(Cc2ccccc2F)C2CC2)c(C)c1. The molecule has 1 aliphatic carbocycles. The van der Waals surface area contributed by atoms with E-state index in [0.717, 1.165) is 24.0 Å². The lowest BCUT2D eigenvalue weighted by Gasteiger charge is -2.21. The first-order valence-corrected chi connectivity index (χ1v) is 8.34. The van der Waals surface area contributed by atoms with Crippen molar-refractivity contribution in [3.8, 4) is 0 Å². The highest BCUT2D eigenvalue weighted by atomic mass is 19.1. The summed E-state index contributed by atoms with van der Waals surface area (Å²) in [6.45, 7) is 4.41. The first-order chi connectivity index (χ1) is 11.5. The average molecular weight is 323 g/mol. The summed E-state index contributed by atoms with van der Waals surface area (Å²) >= 11 is 0. The van der Waals surface area contributed by atoms with E-state index in [0.29, 0.717) is 12.1 Å². The van der Waals surface area contributed by atoms with Crippen molar-refractivity contribution in [2.75, 3.05) is 0 Å². The molecule has 3 heteroatoms. The van der Waals surface area contributed by atoms with Crippen LogP contribution >= 0.6 is 0 Å². The predicted molar refractivity (Wildman–Crippen MR) is 94.9 cm³/mol. The third-order valence-electron chi connectivity index (χ3n) is 4.40. The van der Waals surface area contributed by atoms with Gasteiger partial charge >= 0.3 is 0 Å². The Morgan fingerprint density at radius 1 is 1.21 bits per heavy atom. The van der Waals surface area contributed by atoms with Gasteiger partial charge in [-0.25, -0.2) is 4.39 Å². The van der Waals surface area contributed by atoms with Crippen LogP contribution in [0, 0.1) is 19.7 Å². The number of benzene rings is 2. The van der Waals surface area contributed by atoms with Crippen molar-refractivity contribution in [3.63, 3.8) is 0 Å². The van der Waals surface area contributed by atoms with Gasteiger partial charge in [0.2, 0.25) is 5.91 Å². The van der Waals surface area contributed by atoms with E-state index in [2.05, 4.69) is 13.0 Å². The predicted octanol–water partition coefficient (Wildman–Crippen LogP) is 4.65. The lowest BCUT2D eigenvalue weighted by molar-refractivity contribution is -0.127. The number of halogens is 1. The number of hydrogen-bond acceptors (Lipinski definition) is 1. The van der Waals surface area contributed by atoms with Crippen LogP contribution in [0.4, 0.5) is 4.39 Å². The van der Waals surface area contributed by atoms with Crippen LogP contribution in [0.5, 0.6) is 0 Å². The Hall–Kier alpha value is -2.42. The molecule has 1 aliphatic rings. The number of hydrogen-bond donors (Lipinski definition) is 0. The van der Waals surface area contributed by atoms with Gasteiger partial charge in [0.25, 0.3) is 0 Å². The van der Waals surface area contributed by atoms with Gasteiger partial charge in [-0.1, -0.05) is 42.0 Å². The molecule has 1 saturated carbocycles. The molecular formula is C21H22FNO. The van der Waals surface area contributed by atoms with Gasteiger partial charge in [-0.05, 0) is 50.0 Å². The van der Waals surface area contributed by atoms with E-state index in [-0.39, 0.29) is 17.8 Å². The molecule has 2 aromatic carbocycles. The second-order valence-electron chi connectivity index (χ2n) is 6.48. The molecule has 2 nitrogen and oxygen atoms in total. The first-order valence-electron chi connectivity index (χ1n) is 8.34. The van der Waals surface area contributed by atoms with E-state index in [9.17, 15) is 9.18 Å². The molecule has 0 radical (unpaired) electrons. The van der Waals surface area contributed by atoms with E-state index in [1.165, 1.54) is 11.6 Å². The number of rotatable bonds is 5. The number of carbonyl (C=O) groups is 1. The van der Waals surface area contributed by atoms with Crippen molar-refractivity contribution in [1.82, 2.24) is 4.90 Å². The summed E-state index contributed by atoms with van der Waals surface area (Å²) in [5.41, 5.74) is 3.95. The molecule has 0 bridgehead atoms. The Kier molecular flexibility index (Phi) is 4.79. The van der Waals surface area contributed by atoms with E-state index in [1.54, 1.807) is 29.2 Å². The van der Waals surface area contributed by atoms with Crippen LogP contribution in [0.2, 0.25) is 0 Å². The normalized spacial score (nSPS) is 14.1. The van der Waals surface area contributed by atoms with Crippen LogP contribution in [-0.2, 0) is 11.3 Å². The fraction of sp³-hybridized carbons (Fsp3) is 0.286. The zero-order valence-electron chi connectivity index (χ0n) is 14.1. The molecule has 0 spiro atoms. The number of nitrogens with zero attached hydrogens (tertiary/aromatic N) is 1. The largest absolute Gasteiger partial charge is 0.332 e. The molecule has 124 valence electrons. The zero-order chi connectivity index (χ0) is 17.1. The van der Waals surface area contributed by atoms with Gasteiger partial charge in [-0.3, -0.25) is 4.79 Å². The van der Waals surface area contributed by atoms with Gasteiger partial charge < -0.3 is 4.90 Å². The first kappa shape index (κ1) is 16.4. The molecule has 1 amide bonds. The average Bonchev–Trinajstić information content (AvgIpc) is 3.38. The maximum atomic E-state index is 13.9. The van der Waals surface area contributed by atoms with E-state index < -0.39 is 0 Å². The zero-order valence-corrected chi connectivity index (χ0v) is 14.1. The molecule has 3 rings (SSSR count). The lowest BCUT2D eigenvalue weighted by atomic mass is 10.1. The molecular weight excluding hydrogens is 301 g/mol. The summed E-state index contributed by atoms with van der Waals surface area (Å²) in [6, 6.07) is 13.1. The van der Waals surface area contributed by atoms with E-state index in [4.69, 9.17) is 0 Å². The second kappa shape index (κ2) is 7.00. The Morgan fingerprint density at radius 3 is 2.62 bits per heavy atom. The Balaban J connectivity index is 1.75. The van der Waals surface area contributed by atoms with E-state index >= 15 is 0 Å². The van der Waals surface area contributed by atoms with Gasteiger partial charge in [0.05, 0.1) is 0 Å². The molecule has 24 heavy (non-hydrogen) atoms. The third-order valence-corrected chi connectivity index (χ3v) is 4.40. The lowest BCUT2D eigenvalue weighted by Crippen LogP contribution is -2.31. The highest BCUT2D eigenvalue weighted by Gasteiger charge is 2.31. The topological polar surface area (TPSA) is 20.3 Å². The van der Waals surface area contributed by atoms with Crippen molar-refractivity contribution in [2.45, 2.75) is 39.3 Å². The quantitative estimate of drug-likeness (QED) is 0.734. The van der Waals surface area contributed by atoms with Gasteiger partial charge in [0.15, 0.2) is 0 Å². The molecule has 0 N–H and O–H groups in total. The van der Waals surface area contributed by atoms with Crippen LogP contribution in [0.3, 0.4) is 0 Å². The summed E-state index contributed by atoms with van der Waals surface area (Å²) in [4.78, 5) is 14.4. The highest BCUT2D eigenvalue weighted by Crippen LogP contribution is 2.29. The maximum Gasteiger partial charge on any atom is 0.247 e. The van der Waals surface area contributed by atoms with Crippen molar-refractivity contribution in [1.29, 1.82) is 0 Å². The second-order valence-corrected chi connectivity index (χ2v) is 6.48. The minimum atomic E-state index is -0.255. The molecule has 1 fully saturated rings. The van der Waals surface area contributed by atoms with Crippen LogP contribution in [-0.4, -0.2) is 16.8 Å². The monoisotopic (exact) mass is 323 g/mol. The van der Waals surface area contributed by atoms with E-state index in [1.807, 2.05) is 25.1 Å². The molecule has 0 atom stereocenters. The number of carbonyl (C=O) groups excluding carboxylic acids is 1. The van der Waals surface area contributed by atoms with Crippen molar-refractivity contribution < 1.29 is 9.18 Å². The fourth-order valence-electron chi connectivity index (χ4n) is 2.85. The fourth-order valence-corrected chi connectivity index (χ4v) is 2.85. The smallest absolute Gasteiger partial charge is 0.247 e. The van der Waals surface area contributed by atoms with Crippen molar-refractivity contribution >= 4 is 12.0 Å². The Bertz CT molecular complexity index is 777. The molecule has 0 saturated heterocycles. The van der Waals surface area contributed by atoms with Crippen LogP contribution in [0.15, 0.2) is 48.5 Å². The van der Waals surface area contributed by atoms with Crippen LogP contribution in [0.25, 0.3) is 6.08 Å². The van der Waals surface area contributed by atoms with Crippen LogP contribution < -0.4 is 0 Å². The molecule has 2 aromatic rings. The van der Waals surface area contributed by atoms with Crippen molar-refractivity contribution in [2.24, 2.45) is 0 Å². The molecule has 0 aromatic heterocycles. The van der Waals surface area contributed by atoms with Crippen LogP contribution in [0.1, 0.15) is 35.1 Å². The summed E-state index contributed by atoms with van der Waals surface area (Å²) < 4.78 is 13.9. The standard InChI is InChI=1S/C21H22FNO/c1-15-7-8-17(16(2)13-15)9-12-21(24)23(19-10-11-19)14-18-5-3-4-6-20(18)22/h3-9,12-13,19H,10-11,14H2,1-2H3/b12-9+. The summed E-state index contributed by atoms with van der Waals surface area (Å²) in [7, 11) is 0.